The number of carboxylic acids is 1. The number of rotatable bonds is 5. The fraction of sp³-hybridized carbons (Fsp3) is 0.579. The highest BCUT2D eigenvalue weighted by atomic mass is 32.2. The van der Waals surface area contributed by atoms with Crippen LogP contribution < -0.4 is 0 Å². The lowest BCUT2D eigenvalue weighted by atomic mass is 10.0. The molecule has 7 nitrogen and oxygen atoms in total. The molecule has 1 aliphatic carbocycles. The number of nitrogens with zero attached hydrogens (tertiary/aromatic N) is 3. The maximum atomic E-state index is 13.5. The molecule has 1 saturated heterocycles. The molecule has 4 rings (SSSR count). The van der Waals surface area contributed by atoms with Gasteiger partial charge in [-0.3, -0.25) is 9.59 Å². The third kappa shape index (κ3) is 3.54. The van der Waals surface area contributed by atoms with E-state index >= 15 is 0 Å². The maximum absolute atomic E-state index is 13.5. The molecule has 1 N–H and O–H groups in total. The Morgan fingerprint density at radius 2 is 2.19 bits per heavy atom. The monoisotopic (exact) mass is 389 g/mol. The van der Waals surface area contributed by atoms with Crippen molar-refractivity contribution in [1.29, 1.82) is 0 Å². The fourth-order valence-corrected chi connectivity index (χ4v) is 4.65. The number of carboxylic acid groups (broad SMARTS) is 1. The Labute approximate surface area is 161 Å². The minimum atomic E-state index is -0.883. The number of hydrogen-bond acceptors (Lipinski definition) is 6. The fourth-order valence-electron chi connectivity index (χ4n) is 3.59. The third-order valence-corrected chi connectivity index (χ3v) is 6.26. The first kappa shape index (κ1) is 18.3. The van der Waals surface area contributed by atoms with Crippen LogP contribution in [0.1, 0.15) is 66.7 Å². The van der Waals surface area contributed by atoms with Crippen molar-refractivity contribution < 1.29 is 19.2 Å². The second-order valence-corrected chi connectivity index (χ2v) is 8.75. The summed E-state index contributed by atoms with van der Waals surface area (Å²) in [6, 6.07) is 1.58. The van der Waals surface area contributed by atoms with Gasteiger partial charge in [0.2, 0.25) is 0 Å². The lowest BCUT2D eigenvalue weighted by Gasteiger charge is -2.34. The number of hydrogen-bond donors (Lipinski definition) is 1. The Morgan fingerprint density at radius 3 is 2.85 bits per heavy atom. The minimum Gasteiger partial charge on any atom is -0.481 e. The van der Waals surface area contributed by atoms with Gasteiger partial charge < -0.3 is 14.5 Å². The summed E-state index contributed by atoms with van der Waals surface area (Å²) in [5.74, 6) is 0.903. The zero-order chi connectivity index (χ0) is 19.1. The van der Waals surface area contributed by atoms with Crippen LogP contribution in [-0.4, -0.2) is 56.1 Å². The van der Waals surface area contributed by atoms with Crippen molar-refractivity contribution in [1.82, 2.24) is 15.0 Å². The molecule has 1 atom stereocenters. The molecule has 144 valence electrons. The van der Waals surface area contributed by atoms with Crippen molar-refractivity contribution in [3.63, 3.8) is 0 Å². The van der Waals surface area contributed by atoms with Gasteiger partial charge in [-0.2, -0.15) is 11.8 Å². The van der Waals surface area contributed by atoms with Crippen molar-refractivity contribution in [3.05, 3.63) is 23.0 Å². The van der Waals surface area contributed by atoms with Crippen LogP contribution in [0.3, 0.4) is 0 Å². The van der Waals surface area contributed by atoms with Gasteiger partial charge in [0.1, 0.15) is 0 Å². The van der Waals surface area contributed by atoms with Gasteiger partial charge >= 0.3 is 5.97 Å². The van der Waals surface area contributed by atoms with Crippen LogP contribution in [-0.2, 0) is 4.79 Å². The molecule has 27 heavy (non-hydrogen) atoms. The Balaban J connectivity index is 1.79. The second-order valence-electron chi connectivity index (χ2n) is 7.60. The van der Waals surface area contributed by atoms with Gasteiger partial charge in [-0.15, -0.1) is 0 Å². The highest BCUT2D eigenvalue weighted by Gasteiger charge is 2.34. The molecule has 1 saturated carbocycles. The number of amides is 1. The second kappa shape index (κ2) is 7.14. The van der Waals surface area contributed by atoms with E-state index in [1.807, 2.05) is 19.9 Å². The molecule has 2 aromatic rings. The van der Waals surface area contributed by atoms with Crippen LogP contribution in [0.4, 0.5) is 0 Å². The minimum absolute atomic E-state index is 0.0386. The lowest BCUT2D eigenvalue weighted by molar-refractivity contribution is -0.138. The molecule has 3 heterocycles. The van der Waals surface area contributed by atoms with E-state index in [0.717, 1.165) is 30.0 Å². The van der Waals surface area contributed by atoms with Crippen LogP contribution in [0.5, 0.6) is 0 Å². The molecule has 0 spiro atoms. The largest absolute Gasteiger partial charge is 0.481 e. The standard InChI is InChI=1S/C19H23N3O4S/c1-10(2)17-16-13(8-14(11-3-4-11)20-18(16)26-21-17)19(25)22-5-6-27-9-12(22)7-15(23)24/h8,10-12H,3-7,9H2,1-2H3,(H,23,24). The Bertz CT molecular complexity index is 890. The lowest BCUT2D eigenvalue weighted by Crippen LogP contribution is -2.47. The van der Waals surface area contributed by atoms with Crippen molar-refractivity contribution >= 4 is 34.7 Å². The van der Waals surface area contributed by atoms with Crippen molar-refractivity contribution in [3.8, 4) is 0 Å². The van der Waals surface area contributed by atoms with E-state index in [0.29, 0.717) is 34.9 Å². The van der Waals surface area contributed by atoms with Gasteiger partial charge in [-0.05, 0) is 24.8 Å². The van der Waals surface area contributed by atoms with E-state index in [1.54, 1.807) is 16.7 Å². The summed E-state index contributed by atoms with van der Waals surface area (Å²) in [6.07, 6.45) is 2.10. The highest BCUT2D eigenvalue weighted by molar-refractivity contribution is 7.99. The molecular weight excluding hydrogens is 366 g/mol. The van der Waals surface area contributed by atoms with Crippen LogP contribution in [0.15, 0.2) is 10.6 Å². The third-order valence-electron chi connectivity index (χ3n) is 5.16. The predicted molar refractivity (Wildman–Crippen MR) is 102 cm³/mol. The average molecular weight is 389 g/mol. The molecule has 2 aliphatic rings. The predicted octanol–water partition coefficient (Wildman–Crippen LogP) is 3.26. The van der Waals surface area contributed by atoms with Gasteiger partial charge in [0.15, 0.2) is 0 Å². The van der Waals surface area contributed by atoms with Gasteiger partial charge in [-0.1, -0.05) is 19.0 Å². The summed E-state index contributed by atoms with van der Waals surface area (Å²) in [5, 5.41) is 14.1. The van der Waals surface area contributed by atoms with Crippen molar-refractivity contribution in [2.75, 3.05) is 18.1 Å². The van der Waals surface area contributed by atoms with E-state index in [2.05, 4.69) is 10.1 Å². The smallest absolute Gasteiger partial charge is 0.305 e. The molecule has 1 amide bonds. The van der Waals surface area contributed by atoms with Gasteiger partial charge in [0, 0.05) is 29.7 Å². The molecule has 0 aromatic carbocycles. The first-order valence-corrected chi connectivity index (χ1v) is 10.5. The molecule has 0 radical (unpaired) electrons. The zero-order valence-corrected chi connectivity index (χ0v) is 16.3. The number of carbonyl (C=O) groups is 2. The normalized spacial score (nSPS) is 20.4. The Kier molecular flexibility index (Phi) is 4.84. The zero-order valence-electron chi connectivity index (χ0n) is 15.5. The number of carbonyl (C=O) groups excluding carboxylic acids is 1. The highest BCUT2D eigenvalue weighted by Crippen LogP contribution is 2.41. The summed E-state index contributed by atoms with van der Waals surface area (Å²) in [6.45, 7) is 4.56. The quantitative estimate of drug-likeness (QED) is 0.838. The number of aromatic nitrogens is 2. The van der Waals surface area contributed by atoms with Crippen molar-refractivity contribution in [2.45, 2.75) is 51.0 Å². The van der Waals surface area contributed by atoms with E-state index in [4.69, 9.17) is 4.52 Å². The molecule has 2 aromatic heterocycles. The SMILES string of the molecule is CC(C)c1noc2nc(C3CC3)cc(C(=O)N3CCSCC3CC(=O)O)c12. The maximum Gasteiger partial charge on any atom is 0.305 e. The number of fused-ring (bicyclic) bond motifs is 1. The van der Waals surface area contributed by atoms with E-state index in [9.17, 15) is 14.7 Å². The van der Waals surface area contributed by atoms with Crippen LogP contribution in [0.25, 0.3) is 11.1 Å². The molecule has 8 heteroatoms. The number of pyridine rings is 1. The topological polar surface area (TPSA) is 96.5 Å². The first-order valence-electron chi connectivity index (χ1n) is 9.36. The Morgan fingerprint density at radius 1 is 1.41 bits per heavy atom. The van der Waals surface area contributed by atoms with Crippen LogP contribution >= 0.6 is 11.8 Å². The first-order chi connectivity index (χ1) is 13.0. The molecule has 1 unspecified atom stereocenters. The van der Waals surface area contributed by atoms with Crippen LogP contribution in [0.2, 0.25) is 0 Å². The summed E-state index contributed by atoms with van der Waals surface area (Å²) in [7, 11) is 0. The molecule has 1 aliphatic heterocycles. The summed E-state index contributed by atoms with van der Waals surface area (Å²) in [5.41, 5.74) is 2.56. The van der Waals surface area contributed by atoms with Gasteiger partial charge in [0.25, 0.3) is 11.6 Å². The van der Waals surface area contributed by atoms with Gasteiger partial charge in [0.05, 0.1) is 29.1 Å². The Hall–Kier alpha value is -2.09. The summed E-state index contributed by atoms with van der Waals surface area (Å²) in [4.78, 5) is 31.1. The molecule has 2 fully saturated rings. The van der Waals surface area contributed by atoms with E-state index in [1.165, 1.54) is 0 Å². The van der Waals surface area contributed by atoms with E-state index < -0.39 is 5.97 Å². The summed E-state index contributed by atoms with van der Waals surface area (Å²) >= 11 is 1.69. The van der Waals surface area contributed by atoms with Crippen molar-refractivity contribution in [2.24, 2.45) is 0 Å². The molecular formula is C19H23N3O4S. The number of thioether (sulfide) groups is 1. The van der Waals surface area contributed by atoms with Gasteiger partial charge in [-0.25, -0.2) is 4.98 Å². The number of aliphatic carboxylic acids is 1. The van der Waals surface area contributed by atoms with E-state index in [-0.39, 0.29) is 24.3 Å². The average Bonchev–Trinajstić information content (AvgIpc) is 3.39. The van der Waals surface area contributed by atoms with Crippen LogP contribution in [0, 0.1) is 0 Å². The summed E-state index contributed by atoms with van der Waals surface area (Å²) < 4.78 is 5.47. The molecule has 0 bridgehead atoms.